The normalized spacial score (nSPS) is 18.1. The Morgan fingerprint density at radius 1 is 1.03 bits per heavy atom. The van der Waals surface area contributed by atoms with Crippen molar-refractivity contribution in [3.63, 3.8) is 0 Å². The van der Waals surface area contributed by atoms with E-state index in [1.807, 2.05) is 44.2 Å². The van der Waals surface area contributed by atoms with Crippen molar-refractivity contribution in [2.75, 3.05) is 6.54 Å². The van der Waals surface area contributed by atoms with E-state index < -0.39 is 11.8 Å². The Balaban J connectivity index is 0.00000103. The van der Waals surface area contributed by atoms with Crippen LogP contribution in [0.1, 0.15) is 65.4 Å². The first-order valence-corrected chi connectivity index (χ1v) is 10.7. The molecule has 7 heteroatoms. The van der Waals surface area contributed by atoms with Crippen molar-refractivity contribution >= 4 is 17.7 Å². The van der Waals surface area contributed by atoms with Gasteiger partial charge in [0.05, 0.1) is 6.54 Å². The first kappa shape index (κ1) is 25.6. The van der Waals surface area contributed by atoms with Crippen molar-refractivity contribution in [1.82, 2.24) is 16.1 Å². The van der Waals surface area contributed by atoms with Crippen LogP contribution in [-0.4, -0.2) is 35.5 Å². The Labute approximate surface area is 180 Å². The zero-order valence-electron chi connectivity index (χ0n) is 18.8. The maximum atomic E-state index is 12.3. The number of rotatable bonds is 9. The van der Waals surface area contributed by atoms with Gasteiger partial charge in [-0.05, 0) is 30.2 Å². The van der Waals surface area contributed by atoms with Crippen molar-refractivity contribution in [2.24, 2.45) is 17.8 Å². The second kappa shape index (κ2) is 13.0. The fourth-order valence-corrected chi connectivity index (χ4v) is 3.11. The minimum atomic E-state index is -0.612. The topological polar surface area (TPSA) is 108 Å². The van der Waals surface area contributed by atoms with Crippen molar-refractivity contribution in [2.45, 2.75) is 65.8 Å². The molecule has 168 valence electrons. The predicted molar refractivity (Wildman–Crippen MR) is 117 cm³/mol. The maximum absolute atomic E-state index is 12.3. The lowest BCUT2D eigenvalue weighted by molar-refractivity contribution is -0.135. The average Bonchev–Trinajstić information content (AvgIpc) is 3.44. The highest BCUT2D eigenvalue weighted by Crippen LogP contribution is 2.40. The molecular weight excluding hydrogens is 382 g/mol. The van der Waals surface area contributed by atoms with Crippen molar-refractivity contribution < 1.29 is 19.6 Å². The van der Waals surface area contributed by atoms with Gasteiger partial charge in [0.15, 0.2) is 0 Å². The van der Waals surface area contributed by atoms with Crippen molar-refractivity contribution in [3.8, 4) is 0 Å². The first-order chi connectivity index (χ1) is 14.1. The van der Waals surface area contributed by atoms with E-state index in [1.54, 1.807) is 5.48 Å². The molecule has 3 unspecified atom stereocenters. The van der Waals surface area contributed by atoms with Gasteiger partial charge in [-0.15, -0.1) is 0 Å². The van der Waals surface area contributed by atoms with E-state index in [-0.39, 0.29) is 36.7 Å². The maximum Gasteiger partial charge on any atom is 0.244 e. The highest BCUT2D eigenvalue weighted by atomic mass is 16.5. The molecule has 0 heterocycles. The Morgan fingerprint density at radius 3 is 2.17 bits per heavy atom. The molecular formula is C23H37N3O4. The summed E-state index contributed by atoms with van der Waals surface area (Å²) in [6.07, 6.45) is 1.29. The van der Waals surface area contributed by atoms with Gasteiger partial charge in [0, 0.05) is 24.3 Å². The molecule has 2 rings (SSSR count). The van der Waals surface area contributed by atoms with Gasteiger partial charge in [-0.25, -0.2) is 5.48 Å². The van der Waals surface area contributed by atoms with Gasteiger partial charge in [-0.3, -0.25) is 19.6 Å². The molecule has 0 saturated heterocycles. The first-order valence-electron chi connectivity index (χ1n) is 10.7. The Bertz CT molecular complexity index is 674. The third-order valence-electron chi connectivity index (χ3n) is 4.47. The number of carbonyl (C=O) groups is 3. The molecule has 3 atom stereocenters. The van der Waals surface area contributed by atoms with Crippen molar-refractivity contribution in [1.29, 1.82) is 0 Å². The largest absolute Gasteiger partial charge is 0.351 e. The van der Waals surface area contributed by atoms with Crippen LogP contribution in [0.25, 0.3) is 0 Å². The van der Waals surface area contributed by atoms with Crippen LogP contribution in [0.15, 0.2) is 30.3 Å². The third kappa shape index (κ3) is 10.4. The lowest BCUT2D eigenvalue weighted by atomic mass is 9.93. The van der Waals surface area contributed by atoms with Crippen LogP contribution in [0.4, 0.5) is 0 Å². The summed E-state index contributed by atoms with van der Waals surface area (Å²) in [7, 11) is 0. The van der Waals surface area contributed by atoms with Gasteiger partial charge in [-0.2, -0.15) is 0 Å². The minimum Gasteiger partial charge on any atom is -0.351 e. The van der Waals surface area contributed by atoms with E-state index in [1.165, 1.54) is 5.56 Å². The molecule has 0 bridgehead atoms. The van der Waals surface area contributed by atoms with Gasteiger partial charge in [0.25, 0.3) is 0 Å². The van der Waals surface area contributed by atoms with Crippen LogP contribution >= 0.6 is 0 Å². The summed E-state index contributed by atoms with van der Waals surface area (Å²) >= 11 is 0. The van der Waals surface area contributed by atoms with Gasteiger partial charge < -0.3 is 10.6 Å². The summed E-state index contributed by atoms with van der Waals surface area (Å²) in [4.78, 5) is 35.7. The molecule has 0 aromatic heterocycles. The second-order valence-electron chi connectivity index (χ2n) is 8.94. The third-order valence-corrected chi connectivity index (χ3v) is 4.47. The van der Waals surface area contributed by atoms with Crippen LogP contribution in [0.3, 0.4) is 0 Å². The molecule has 1 aliphatic rings. The molecule has 1 aromatic rings. The van der Waals surface area contributed by atoms with Crippen LogP contribution < -0.4 is 16.1 Å². The molecule has 0 spiro atoms. The molecule has 3 amide bonds. The summed E-state index contributed by atoms with van der Waals surface area (Å²) in [6.45, 7) is 10.3. The molecule has 1 aliphatic carbocycles. The molecule has 1 fully saturated rings. The number of hydrogen-bond donors (Lipinski definition) is 4. The van der Waals surface area contributed by atoms with Gasteiger partial charge in [0.2, 0.25) is 17.7 Å². The van der Waals surface area contributed by atoms with Gasteiger partial charge >= 0.3 is 0 Å². The van der Waals surface area contributed by atoms with Gasteiger partial charge in [-0.1, -0.05) is 65.0 Å². The quantitative estimate of drug-likeness (QED) is 0.364. The van der Waals surface area contributed by atoms with E-state index in [9.17, 15) is 14.4 Å². The number of nitrogens with one attached hydrogen (secondary N) is 3. The SMILES string of the molecule is CC(C)C.CC(C)CC(CC(=O)NO)C(=O)NCC(=O)NC1CC1c1ccccc1. The number of hydrogen-bond acceptors (Lipinski definition) is 4. The standard InChI is InChI=1S/C19H27N3O4.C4H10/c1-12(2)8-14(9-17(23)22-26)19(25)20-11-18(24)21-16-10-15(16)13-6-4-3-5-7-13;1-4(2)3/h3-7,12,14-16,26H,8-11H2,1-2H3,(H,20,25)(H,21,24)(H,22,23);4H,1-3H3. The van der Waals surface area contributed by atoms with E-state index in [2.05, 4.69) is 31.4 Å². The molecule has 7 nitrogen and oxygen atoms in total. The van der Waals surface area contributed by atoms with Crippen molar-refractivity contribution in [3.05, 3.63) is 35.9 Å². The van der Waals surface area contributed by atoms with Crippen LogP contribution in [0.5, 0.6) is 0 Å². The summed E-state index contributed by atoms with van der Waals surface area (Å²) < 4.78 is 0. The minimum absolute atomic E-state index is 0.105. The highest BCUT2D eigenvalue weighted by Gasteiger charge is 2.39. The fraction of sp³-hybridized carbons (Fsp3) is 0.609. The summed E-state index contributed by atoms with van der Waals surface area (Å²) in [5, 5.41) is 14.2. The summed E-state index contributed by atoms with van der Waals surface area (Å²) in [6, 6.07) is 10.1. The van der Waals surface area contributed by atoms with Gasteiger partial charge in [0.1, 0.15) is 0 Å². The molecule has 4 N–H and O–H groups in total. The van der Waals surface area contributed by atoms with E-state index in [0.717, 1.165) is 12.3 Å². The molecule has 30 heavy (non-hydrogen) atoms. The monoisotopic (exact) mass is 419 g/mol. The Morgan fingerprint density at radius 2 is 1.63 bits per heavy atom. The van der Waals surface area contributed by atoms with E-state index in [4.69, 9.17) is 5.21 Å². The number of carbonyl (C=O) groups excluding carboxylic acids is 3. The average molecular weight is 420 g/mol. The predicted octanol–water partition coefficient (Wildman–Crippen LogP) is 3.00. The second-order valence-corrected chi connectivity index (χ2v) is 8.94. The number of amides is 3. The zero-order chi connectivity index (χ0) is 22.7. The van der Waals surface area contributed by atoms with E-state index in [0.29, 0.717) is 12.3 Å². The lowest BCUT2D eigenvalue weighted by Crippen LogP contribution is -2.41. The van der Waals surface area contributed by atoms with Crippen LogP contribution in [0.2, 0.25) is 0 Å². The molecule has 0 aliphatic heterocycles. The zero-order valence-corrected chi connectivity index (χ0v) is 18.8. The number of benzene rings is 1. The molecule has 0 radical (unpaired) electrons. The summed E-state index contributed by atoms with van der Waals surface area (Å²) in [5.74, 6) is -0.404. The Hall–Kier alpha value is -2.41. The molecule has 1 saturated carbocycles. The highest BCUT2D eigenvalue weighted by molar-refractivity contribution is 5.88. The van der Waals surface area contributed by atoms with Crippen LogP contribution in [-0.2, 0) is 14.4 Å². The number of hydroxylamine groups is 1. The smallest absolute Gasteiger partial charge is 0.244 e. The Kier molecular flexibility index (Phi) is 11.1. The summed E-state index contributed by atoms with van der Waals surface area (Å²) in [5.41, 5.74) is 2.75. The fourth-order valence-electron chi connectivity index (χ4n) is 3.11. The molecule has 1 aromatic carbocycles. The van der Waals surface area contributed by atoms with E-state index >= 15 is 0 Å². The van der Waals surface area contributed by atoms with Crippen LogP contribution in [0, 0.1) is 17.8 Å². The lowest BCUT2D eigenvalue weighted by Gasteiger charge is -2.17.